The highest BCUT2D eigenvalue weighted by Gasteiger charge is 2.07. The van der Waals surface area contributed by atoms with Gasteiger partial charge >= 0.3 is 23.9 Å². The van der Waals surface area contributed by atoms with Gasteiger partial charge in [-0.1, -0.05) is 13.8 Å². The number of carbonyl (C=O) groups is 4. The molecule has 0 radical (unpaired) electrons. The van der Waals surface area contributed by atoms with Gasteiger partial charge in [-0.05, 0) is 0 Å². The molecule has 0 aliphatic rings. The van der Waals surface area contributed by atoms with Crippen LogP contribution < -0.4 is 0 Å². The van der Waals surface area contributed by atoms with Crippen LogP contribution in [0, 0.1) is 0 Å². The normalized spacial score (nSPS) is 9.88. The average Bonchev–Trinajstić information content (AvgIpc) is 2.26. The van der Waals surface area contributed by atoms with E-state index in [0.717, 1.165) is 12.2 Å². The van der Waals surface area contributed by atoms with Crippen molar-refractivity contribution in [1.82, 2.24) is 0 Å². The summed E-state index contributed by atoms with van der Waals surface area (Å²) in [4.78, 5) is 43.0. The van der Waals surface area contributed by atoms with Gasteiger partial charge in [0.25, 0.3) is 0 Å². The van der Waals surface area contributed by atoms with Crippen molar-refractivity contribution in [2.45, 2.75) is 26.7 Å². The first kappa shape index (κ1) is 14.0. The third-order valence-corrected chi connectivity index (χ3v) is 1.36. The number of esters is 4. The maximum Gasteiger partial charge on any atom is 0.338 e. The number of ether oxygens (including phenoxy) is 2. The lowest BCUT2D eigenvalue weighted by atomic mass is 10.4. The number of carbonyl (C=O) groups excluding carboxylic acids is 4. The molecule has 0 aliphatic heterocycles. The van der Waals surface area contributed by atoms with Crippen LogP contribution in [0.3, 0.4) is 0 Å². The Morgan fingerprint density at radius 1 is 0.812 bits per heavy atom. The van der Waals surface area contributed by atoms with Gasteiger partial charge in [0.15, 0.2) is 0 Å². The van der Waals surface area contributed by atoms with E-state index in [1.54, 1.807) is 0 Å². The SMILES string of the molecule is CCC(=O)OC(=O)/C=C/C(=O)OC(=O)CC. The second kappa shape index (κ2) is 7.33. The van der Waals surface area contributed by atoms with Crippen molar-refractivity contribution in [2.75, 3.05) is 0 Å². The first-order valence-electron chi connectivity index (χ1n) is 4.66. The van der Waals surface area contributed by atoms with Gasteiger partial charge in [0.2, 0.25) is 0 Å². The number of hydrogen-bond donors (Lipinski definition) is 0. The molecule has 0 saturated heterocycles. The van der Waals surface area contributed by atoms with Gasteiger partial charge in [-0.15, -0.1) is 0 Å². The fourth-order valence-corrected chi connectivity index (χ4v) is 0.573. The van der Waals surface area contributed by atoms with Crippen LogP contribution in [0.4, 0.5) is 0 Å². The van der Waals surface area contributed by atoms with Gasteiger partial charge < -0.3 is 9.47 Å². The van der Waals surface area contributed by atoms with Crippen LogP contribution in [0.15, 0.2) is 12.2 Å². The molecule has 0 unspecified atom stereocenters. The molecule has 6 nitrogen and oxygen atoms in total. The Hall–Kier alpha value is -1.98. The number of hydrogen-bond acceptors (Lipinski definition) is 6. The van der Waals surface area contributed by atoms with Crippen LogP contribution in [-0.4, -0.2) is 23.9 Å². The molecule has 0 rings (SSSR count). The van der Waals surface area contributed by atoms with E-state index in [0.29, 0.717) is 0 Å². The predicted octanol–water partition coefficient (Wildman–Crippen LogP) is 0.502. The van der Waals surface area contributed by atoms with E-state index in [9.17, 15) is 19.2 Å². The van der Waals surface area contributed by atoms with Crippen molar-refractivity contribution < 1.29 is 28.7 Å². The summed E-state index contributed by atoms with van der Waals surface area (Å²) in [5.41, 5.74) is 0. The molecule has 0 amide bonds. The van der Waals surface area contributed by atoms with Crippen molar-refractivity contribution in [3.8, 4) is 0 Å². The summed E-state index contributed by atoms with van der Waals surface area (Å²) in [6.45, 7) is 3.04. The van der Waals surface area contributed by atoms with Crippen molar-refractivity contribution in [3.05, 3.63) is 12.2 Å². The molecule has 0 heterocycles. The molecule has 88 valence electrons. The second-order valence-corrected chi connectivity index (χ2v) is 2.63. The Kier molecular flexibility index (Phi) is 6.42. The van der Waals surface area contributed by atoms with E-state index in [1.807, 2.05) is 0 Å². The monoisotopic (exact) mass is 228 g/mol. The summed E-state index contributed by atoms with van der Waals surface area (Å²) in [5.74, 6) is -3.36. The zero-order valence-electron chi connectivity index (χ0n) is 9.02. The Balaban J connectivity index is 4.08. The largest absolute Gasteiger partial charge is 0.390 e. The van der Waals surface area contributed by atoms with E-state index >= 15 is 0 Å². The van der Waals surface area contributed by atoms with Gasteiger partial charge in [-0.25, -0.2) is 9.59 Å². The lowest BCUT2D eigenvalue weighted by Gasteiger charge is -1.96. The molecule has 0 bridgehead atoms. The van der Waals surface area contributed by atoms with Crippen LogP contribution in [0.25, 0.3) is 0 Å². The molecule has 0 N–H and O–H groups in total. The number of rotatable bonds is 4. The lowest BCUT2D eigenvalue weighted by Crippen LogP contribution is -2.11. The minimum absolute atomic E-state index is 0.0539. The Morgan fingerprint density at radius 2 is 1.12 bits per heavy atom. The third-order valence-electron chi connectivity index (χ3n) is 1.36. The fourth-order valence-electron chi connectivity index (χ4n) is 0.573. The molecule has 0 aromatic carbocycles. The van der Waals surface area contributed by atoms with Crippen molar-refractivity contribution in [2.24, 2.45) is 0 Å². The molecular formula is C10H12O6. The van der Waals surface area contributed by atoms with Crippen LogP contribution in [0.1, 0.15) is 26.7 Å². The predicted molar refractivity (Wildman–Crippen MR) is 51.9 cm³/mol. The third kappa shape index (κ3) is 6.47. The summed E-state index contributed by atoms with van der Waals surface area (Å²) in [5, 5.41) is 0. The lowest BCUT2D eigenvalue weighted by molar-refractivity contribution is -0.158. The van der Waals surface area contributed by atoms with Crippen molar-refractivity contribution >= 4 is 23.9 Å². The summed E-state index contributed by atoms with van der Waals surface area (Å²) in [7, 11) is 0. The fraction of sp³-hybridized carbons (Fsp3) is 0.400. The first-order chi connectivity index (χ1) is 7.49. The van der Waals surface area contributed by atoms with Crippen LogP contribution in [0.2, 0.25) is 0 Å². The van der Waals surface area contributed by atoms with E-state index in [4.69, 9.17) is 0 Å². The van der Waals surface area contributed by atoms with Crippen LogP contribution in [-0.2, 0) is 28.7 Å². The second-order valence-electron chi connectivity index (χ2n) is 2.63. The standard InChI is InChI=1S/C10H12O6/c1-3-7(11)15-9(13)5-6-10(14)16-8(12)4-2/h5-6H,3-4H2,1-2H3/b6-5+. The van der Waals surface area contributed by atoms with Crippen molar-refractivity contribution in [1.29, 1.82) is 0 Å². The topological polar surface area (TPSA) is 86.7 Å². The molecule has 6 heteroatoms. The summed E-state index contributed by atoms with van der Waals surface area (Å²) >= 11 is 0. The highest BCUT2D eigenvalue weighted by Crippen LogP contribution is 1.91. The van der Waals surface area contributed by atoms with Gasteiger partial charge in [0.1, 0.15) is 0 Å². The van der Waals surface area contributed by atoms with E-state index in [1.165, 1.54) is 13.8 Å². The quantitative estimate of drug-likeness (QED) is 0.395. The maximum absolute atomic E-state index is 10.8. The Morgan fingerprint density at radius 3 is 1.38 bits per heavy atom. The van der Waals surface area contributed by atoms with Crippen LogP contribution >= 0.6 is 0 Å². The summed E-state index contributed by atoms with van der Waals surface area (Å²) in [6.07, 6.45) is 1.55. The zero-order valence-corrected chi connectivity index (χ0v) is 9.02. The molecular weight excluding hydrogens is 216 g/mol. The molecule has 0 saturated carbocycles. The van der Waals surface area contributed by atoms with Gasteiger partial charge in [0, 0.05) is 25.0 Å². The molecule has 16 heavy (non-hydrogen) atoms. The van der Waals surface area contributed by atoms with Gasteiger partial charge in [0.05, 0.1) is 0 Å². The van der Waals surface area contributed by atoms with E-state index < -0.39 is 23.9 Å². The molecule has 0 fully saturated rings. The van der Waals surface area contributed by atoms with E-state index in [-0.39, 0.29) is 12.8 Å². The molecule has 0 atom stereocenters. The molecule has 0 aromatic heterocycles. The minimum atomic E-state index is -0.979. The molecule has 0 aromatic rings. The highest BCUT2D eigenvalue weighted by atomic mass is 16.6. The smallest absolute Gasteiger partial charge is 0.338 e. The summed E-state index contributed by atoms with van der Waals surface area (Å²) in [6, 6.07) is 0. The minimum Gasteiger partial charge on any atom is -0.390 e. The van der Waals surface area contributed by atoms with Gasteiger partial charge in [-0.3, -0.25) is 9.59 Å². The average molecular weight is 228 g/mol. The van der Waals surface area contributed by atoms with Crippen molar-refractivity contribution in [3.63, 3.8) is 0 Å². The Bertz CT molecular complexity index is 296. The highest BCUT2D eigenvalue weighted by molar-refractivity contribution is 5.98. The first-order valence-corrected chi connectivity index (χ1v) is 4.66. The zero-order chi connectivity index (χ0) is 12.6. The summed E-state index contributed by atoms with van der Waals surface area (Å²) < 4.78 is 8.45. The molecule has 0 aliphatic carbocycles. The van der Waals surface area contributed by atoms with E-state index in [2.05, 4.69) is 9.47 Å². The maximum atomic E-state index is 10.8. The van der Waals surface area contributed by atoms with Crippen LogP contribution in [0.5, 0.6) is 0 Å². The molecule has 0 spiro atoms. The Labute approximate surface area is 92.2 Å². The van der Waals surface area contributed by atoms with Gasteiger partial charge in [-0.2, -0.15) is 0 Å².